The van der Waals surface area contributed by atoms with Crippen molar-refractivity contribution in [3.63, 3.8) is 0 Å². The fourth-order valence-corrected chi connectivity index (χ4v) is 5.32. The highest BCUT2D eigenvalue weighted by molar-refractivity contribution is 5.84. The van der Waals surface area contributed by atoms with Crippen LogP contribution in [0.3, 0.4) is 0 Å². The second kappa shape index (κ2) is 8.61. The lowest BCUT2D eigenvalue weighted by molar-refractivity contribution is -0.148. The Morgan fingerprint density at radius 1 is 0.939 bits per heavy atom. The van der Waals surface area contributed by atoms with Gasteiger partial charge in [-0.2, -0.15) is 0 Å². The van der Waals surface area contributed by atoms with E-state index in [1.165, 1.54) is 0 Å². The molecule has 1 spiro atoms. The van der Waals surface area contributed by atoms with E-state index in [2.05, 4.69) is 19.9 Å². The van der Waals surface area contributed by atoms with Crippen molar-refractivity contribution in [2.75, 3.05) is 24.5 Å². The third kappa shape index (κ3) is 4.24. The van der Waals surface area contributed by atoms with Gasteiger partial charge in [0.25, 0.3) is 0 Å². The van der Waals surface area contributed by atoms with Crippen molar-refractivity contribution in [3.05, 3.63) is 59.4 Å². The van der Waals surface area contributed by atoms with Crippen LogP contribution >= 0.6 is 0 Å². The lowest BCUT2D eigenvalue weighted by atomic mass is 9.71. The molecule has 0 atom stereocenters. The van der Waals surface area contributed by atoms with Gasteiger partial charge in [-0.25, -0.2) is 15.0 Å². The molecule has 33 heavy (non-hydrogen) atoms. The summed E-state index contributed by atoms with van der Waals surface area (Å²) >= 11 is 0. The normalized spacial score (nSPS) is 18.2. The van der Waals surface area contributed by atoms with Crippen molar-refractivity contribution in [1.29, 1.82) is 0 Å². The van der Waals surface area contributed by atoms with Gasteiger partial charge >= 0.3 is 0 Å². The Kier molecular flexibility index (Phi) is 5.64. The summed E-state index contributed by atoms with van der Waals surface area (Å²) in [5.74, 6) is 2.44. The summed E-state index contributed by atoms with van der Waals surface area (Å²) in [6.45, 7) is 8.74. The van der Waals surface area contributed by atoms with E-state index in [0.29, 0.717) is 12.4 Å². The number of amides is 1. The number of carbonyl (C=O) groups is 1. The second-order valence-electron chi connectivity index (χ2n) is 9.42. The highest BCUT2D eigenvalue weighted by atomic mass is 16.4. The Labute approximate surface area is 194 Å². The summed E-state index contributed by atoms with van der Waals surface area (Å²) in [7, 11) is 0. The number of anilines is 1. The van der Waals surface area contributed by atoms with Crippen LogP contribution in [0.15, 0.2) is 40.8 Å². The number of hydrogen-bond donors (Lipinski definition) is 0. The second-order valence-corrected chi connectivity index (χ2v) is 9.42. The molecule has 0 bridgehead atoms. The number of oxazole rings is 1. The SMILES string of the molecule is Cc1cc(C)nc(N2CCC3(CCCN(Cc4nc(C)oc4-c4ccccc4)C3=O)CC2)n1. The molecule has 4 heterocycles. The monoisotopic (exact) mass is 445 g/mol. The lowest BCUT2D eigenvalue weighted by Crippen LogP contribution is -2.53. The van der Waals surface area contributed by atoms with Crippen molar-refractivity contribution in [1.82, 2.24) is 19.9 Å². The zero-order valence-corrected chi connectivity index (χ0v) is 19.7. The molecular formula is C26H31N5O2. The molecule has 1 amide bonds. The molecule has 5 rings (SSSR count). The molecule has 0 radical (unpaired) electrons. The zero-order valence-electron chi connectivity index (χ0n) is 19.7. The van der Waals surface area contributed by atoms with E-state index in [0.717, 1.165) is 79.7 Å². The largest absolute Gasteiger partial charge is 0.441 e. The van der Waals surface area contributed by atoms with Gasteiger partial charge in [0.15, 0.2) is 11.7 Å². The number of aromatic nitrogens is 3. The van der Waals surface area contributed by atoms with Gasteiger partial charge in [0.2, 0.25) is 11.9 Å². The topological polar surface area (TPSA) is 75.4 Å². The molecule has 2 aliphatic heterocycles. The van der Waals surface area contributed by atoms with Crippen molar-refractivity contribution in [2.24, 2.45) is 5.41 Å². The van der Waals surface area contributed by atoms with Crippen LogP contribution in [0.4, 0.5) is 5.95 Å². The van der Waals surface area contributed by atoms with Crippen molar-refractivity contribution in [3.8, 4) is 11.3 Å². The summed E-state index contributed by atoms with van der Waals surface area (Å²) in [6, 6.07) is 12.0. The van der Waals surface area contributed by atoms with E-state index in [-0.39, 0.29) is 11.3 Å². The summed E-state index contributed by atoms with van der Waals surface area (Å²) in [5.41, 5.74) is 3.50. The van der Waals surface area contributed by atoms with Gasteiger partial charge in [0.05, 0.1) is 12.0 Å². The fraction of sp³-hybridized carbons (Fsp3) is 0.462. The minimum atomic E-state index is -0.292. The van der Waals surface area contributed by atoms with E-state index in [1.54, 1.807) is 0 Å². The predicted molar refractivity (Wildman–Crippen MR) is 127 cm³/mol. The first-order chi connectivity index (χ1) is 15.9. The molecule has 2 aromatic heterocycles. The van der Waals surface area contributed by atoms with E-state index < -0.39 is 0 Å². The van der Waals surface area contributed by atoms with E-state index in [1.807, 2.05) is 62.1 Å². The van der Waals surface area contributed by atoms with E-state index >= 15 is 0 Å². The molecule has 2 aliphatic rings. The predicted octanol–water partition coefficient (Wildman–Crippen LogP) is 4.47. The molecular weight excluding hydrogens is 414 g/mol. The van der Waals surface area contributed by atoms with Gasteiger partial charge in [-0.3, -0.25) is 4.79 Å². The molecule has 0 unspecified atom stereocenters. The molecule has 172 valence electrons. The molecule has 0 aliphatic carbocycles. The number of aryl methyl sites for hydroxylation is 3. The van der Waals surface area contributed by atoms with Gasteiger partial charge in [-0.1, -0.05) is 30.3 Å². The van der Waals surface area contributed by atoms with Crippen LogP contribution in [0.2, 0.25) is 0 Å². The van der Waals surface area contributed by atoms with Gasteiger partial charge in [0, 0.05) is 43.5 Å². The maximum Gasteiger partial charge on any atom is 0.229 e. The number of likely N-dealkylation sites (tertiary alicyclic amines) is 1. The molecule has 1 aromatic carbocycles. The average Bonchev–Trinajstić information content (AvgIpc) is 3.17. The number of rotatable bonds is 4. The molecule has 0 N–H and O–H groups in total. The average molecular weight is 446 g/mol. The van der Waals surface area contributed by atoms with Crippen LogP contribution in [0.25, 0.3) is 11.3 Å². The summed E-state index contributed by atoms with van der Waals surface area (Å²) in [4.78, 5) is 31.8. The maximum absolute atomic E-state index is 13.7. The number of hydrogen-bond acceptors (Lipinski definition) is 6. The molecule has 3 aromatic rings. The van der Waals surface area contributed by atoms with Gasteiger partial charge < -0.3 is 14.2 Å². The molecule has 2 saturated heterocycles. The Hall–Kier alpha value is -3.22. The van der Waals surface area contributed by atoms with Crippen LogP contribution in [-0.2, 0) is 11.3 Å². The minimum Gasteiger partial charge on any atom is -0.441 e. The van der Waals surface area contributed by atoms with Crippen molar-refractivity contribution in [2.45, 2.75) is 53.0 Å². The Balaban J connectivity index is 1.32. The highest BCUT2D eigenvalue weighted by Gasteiger charge is 2.46. The van der Waals surface area contributed by atoms with Gasteiger partial charge in [0.1, 0.15) is 5.69 Å². The van der Waals surface area contributed by atoms with Crippen LogP contribution in [0.1, 0.15) is 48.7 Å². The Morgan fingerprint density at radius 2 is 1.64 bits per heavy atom. The number of benzene rings is 1. The van der Waals surface area contributed by atoms with Gasteiger partial charge in [-0.05, 0) is 45.6 Å². The molecule has 7 nitrogen and oxygen atoms in total. The third-order valence-electron chi connectivity index (χ3n) is 6.98. The Bertz CT molecular complexity index is 1130. The molecule has 0 saturated carbocycles. The van der Waals surface area contributed by atoms with Crippen LogP contribution in [-0.4, -0.2) is 45.4 Å². The minimum absolute atomic E-state index is 0.259. The summed E-state index contributed by atoms with van der Waals surface area (Å²) in [6.07, 6.45) is 3.64. The first-order valence-corrected chi connectivity index (χ1v) is 11.8. The fourth-order valence-electron chi connectivity index (χ4n) is 5.32. The van der Waals surface area contributed by atoms with E-state index in [9.17, 15) is 4.79 Å². The first-order valence-electron chi connectivity index (χ1n) is 11.8. The van der Waals surface area contributed by atoms with Crippen LogP contribution in [0.5, 0.6) is 0 Å². The molecule has 2 fully saturated rings. The lowest BCUT2D eigenvalue weighted by Gasteiger charge is -2.46. The maximum atomic E-state index is 13.7. The van der Waals surface area contributed by atoms with Crippen molar-refractivity contribution >= 4 is 11.9 Å². The quantitative estimate of drug-likeness (QED) is 0.590. The van der Waals surface area contributed by atoms with Gasteiger partial charge in [-0.15, -0.1) is 0 Å². The standard InChI is InChI=1S/C26H31N5O2/c1-18-16-19(2)28-25(27-18)30-14-11-26(12-15-30)10-7-13-31(24(26)32)17-22-23(33-20(3)29-22)21-8-5-4-6-9-21/h4-6,8-9,16H,7,10-15,17H2,1-3H3. The van der Waals surface area contributed by atoms with Crippen molar-refractivity contribution < 1.29 is 9.21 Å². The highest BCUT2D eigenvalue weighted by Crippen LogP contribution is 2.42. The zero-order chi connectivity index (χ0) is 23.0. The molecule has 7 heteroatoms. The van der Waals surface area contributed by atoms with Crippen LogP contribution < -0.4 is 4.90 Å². The first kappa shape index (κ1) is 21.6. The van der Waals surface area contributed by atoms with E-state index in [4.69, 9.17) is 4.42 Å². The third-order valence-corrected chi connectivity index (χ3v) is 6.98. The van der Waals surface area contributed by atoms with Crippen LogP contribution in [0, 0.1) is 26.2 Å². The number of nitrogens with zero attached hydrogens (tertiary/aromatic N) is 5. The Morgan fingerprint density at radius 3 is 2.33 bits per heavy atom. The smallest absolute Gasteiger partial charge is 0.229 e. The number of piperidine rings is 2. The number of carbonyl (C=O) groups excluding carboxylic acids is 1. The summed E-state index contributed by atoms with van der Waals surface area (Å²) in [5, 5.41) is 0. The summed E-state index contributed by atoms with van der Waals surface area (Å²) < 4.78 is 5.93.